The Hall–Kier alpha value is -1.07. The molecule has 0 radical (unpaired) electrons. The van der Waals surface area contributed by atoms with E-state index < -0.39 is 0 Å². The Morgan fingerprint density at radius 1 is 1.53 bits per heavy atom. The van der Waals surface area contributed by atoms with Crippen LogP contribution in [-0.2, 0) is 6.54 Å². The van der Waals surface area contributed by atoms with Crippen LogP contribution < -0.4 is 5.32 Å². The van der Waals surface area contributed by atoms with Gasteiger partial charge in [0.1, 0.15) is 0 Å². The largest absolute Gasteiger partial charge is 0.395 e. The fraction of sp³-hybridized carbons (Fsp3) is 0.500. The van der Waals surface area contributed by atoms with Crippen molar-refractivity contribution in [1.82, 2.24) is 10.2 Å². The molecule has 1 aliphatic carbocycles. The van der Waals surface area contributed by atoms with E-state index in [0.717, 1.165) is 28.4 Å². The molecular formula is C14H19BrN2O2. The molecular weight excluding hydrogens is 308 g/mol. The first-order valence-electron chi connectivity index (χ1n) is 6.52. The van der Waals surface area contributed by atoms with Crippen LogP contribution in [0.3, 0.4) is 0 Å². The van der Waals surface area contributed by atoms with Gasteiger partial charge < -0.3 is 15.3 Å². The van der Waals surface area contributed by atoms with Gasteiger partial charge in [0.2, 0.25) is 0 Å². The number of hydrogen-bond donors (Lipinski definition) is 2. The first-order chi connectivity index (χ1) is 9.11. The minimum atomic E-state index is -0.0844. The maximum absolute atomic E-state index is 12.1. The lowest BCUT2D eigenvalue weighted by Gasteiger charge is -2.22. The third kappa shape index (κ3) is 3.94. The van der Waals surface area contributed by atoms with Crippen molar-refractivity contribution in [3.8, 4) is 0 Å². The van der Waals surface area contributed by atoms with E-state index in [4.69, 9.17) is 5.11 Å². The summed E-state index contributed by atoms with van der Waals surface area (Å²) in [6.07, 6.45) is 2.09. The van der Waals surface area contributed by atoms with E-state index in [1.165, 1.54) is 0 Å². The second-order valence-electron chi connectivity index (χ2n) is 4.88. The molecule has 1 fully saturated rings. The lowest BCUT2D eigenvalue weighted by atomic mass is 10.1. The monoisotopic (exact) mass is 326 g/mol. The Morgan fingerprint density at radius 2 is 2.26 bits per heavy atom. The van der Waals surface area contributed by atoms with Crippen LogP contribution in [-0.4, -0.2) is 35.2 Å². The van der Waals surface area contributed by atoms with Gasteiger partial charge in [0, 0.05) is 23.6 Å². The first kappa shape index (κ1) is 14.3. The molecule has 0 bridgehead atoms. The molecule has 0 atom stereocenters. The number of aliphatic hydroxyl groups excluding tert-OH is 1. The number of halogens is 1. The van der Waals surface area contributed by atoms with Crippen LogP contribution in [0, 0.1) is 6.92 Å². The molecule has 0 unspecified atom stereocenters. The van der Waals surface area contributed by atoms with E-state index in [1.807, 2.05) is 25.1 Å². The molecule has 0 heterocycles. The first-order valence-corrected chi connectivity index (χ1v) is 7.31. The molecule has 19 heavy (non-hydrogen) atoms. The van der Waals surface area contributed by atoms with Crippen molar-refractivity contribution in [2.45, 2.75) is 32.4 Å². The number of carbonyl (C=O) groups is 1. The van der Waals surface area contributed by atoms with Gasteiger partial charge in [-0.05, 0) is 43.0 Å². The number of aryl methyl sites for hydroxylation is 1. The standard InChI is InChI=1S/C14H19BrN2O2/c1-10-8-12(15)3-2-11(10)9-16-14(19)17(6-7-18)13-4-5-13/h2-3,8,13,18H,4-7,9H2,1H3,(H,16,19). The van der Waals surface area contributed by atoms with E-state index in [-0.39, 0.29) is 12.6 Å². The molecule has 0 aromatic heterocycles. The van der Waals surface area contributed by atoms with Crippen LogP contribution in [0.15, 0.2) is 22.7 Å². The lowest BCUT2D eigenvalue weighted by Crippen LogP contribution is -2.42. The van der Waals surface area contributed by atoms with Crippen LogP contribution in [0.5, 0.6) is 0 Å². The lowest BCUT2D eigenvalue weighted by molar-refractivity contribution is 0.173. The third-order valence-electron chi connectivity index (χ3n) is 3.32. The number of nitrogens with one attached hydrogen (secondary N) is 1. The highest BCUT2D eigenvalue weighted by Crippen LogP contribution is 2.26. The highest BCUT2D eigenvalue weighted by Gasteiger charge is 2.31. The molecule has 1 aromatic rings. The third-order valence-corrected chi connectivity index (χ3v) is 3.82. The van der Waals surface area contributed by atoms with Crippen LogP contribution in [0.2, 0.25) is 0 Å². The summed E-state index contributed by atoms with van der Waals surface area (Å²) in [5, 5.41) is 11.9. The fourth-order valence-corrected chi connectivity index (χ4v) is 2.55. The van der Waals surface area contributed by atoms with Crippen molar-refractivity contribution < 1.29 is 9.90 Å². The molecule has 5 heteroatoms. The van der Waals surface area contributed by atoms with Crippen molar-refractivity contribution in [2.75, 3.05) is 13.2 Å². The van der Waals surface area contributed by atoms with Crippen molar-refractivity contribution in [2.24, 2.45) is 0 Å². The predicted octanol–water partition coefficient (Wildman–Crippen LogP) is 2.42. The van der Waals surface area contributed by atoms with Crippen LogP contribution in [0.1, 0.15) is 24.0 Å². The molecule has 2 amide bonds. The smallest absolute Gasteiger partial charge is 0.317 e. The molecule has 0 aliphatic heterocycles. The normalized spacial score (nSPS) is 14.3. The Labute approximate surface area is 121 Å². The topological polar surface area (TPSA) is 52.6 Å². The van der Waals surface area contributed by atoms with E-state index in [1.54, 1.807) is 4.90 Å². The molecule has 2 rings (SSSR count). The summed E-state index contributed by atoms with van der Waals surface area (Å²) >= 11 is 3.42. The number of benzene rings is 1. The molecule has 0 saturated heterocycles. The van der Waals surface area contributed by atoms with Gasteiger partial charge >= 0.3 is 6.03 Å². The molecule has 2 N–H and O–H groups in total. The zero-order valence-electron chi connectivity index (χ0n) is 11.0. The van der Waals surface area contributed by atoms with Gasteiger partial charge in [0.15, 0.2) is 0 Å². The zero-order chi connectivity index (χ0) is 13.8. The van der Waals surface area contributed by atoms with Gasteiger partial charge in [-0.15, -0.1) is 0 Å². The van der Waals surface area contributed by atoms with Crippen molar-refractivity contribution in [3.05, 3.63) is 33.8 Å². The fourth-order valence-electron chi connectivity index (χ4n) is 2.07. The Bertz CT molecular complexity index is 461. The predicted molar refractivity (Wildman–Crippen MR) is 77.9 cm³/mol. The minimum absolute atomic E-state index is 0.0151. The minimum Gasteiger partial charge on any atom is -0.395 e. The van der Waals surface area contributed by atoms with Gasteiger partial charge in [-0.3, -0.25) is 0 Å². The summed E-state index contributed by atoms with van der Waals surface area (Å²) in [5.74, 6) is 0. The average molecular weight is 327 g/mol. The number of hydrogen-bond acceptors (Lipinski definition) is 2. The second kappa shape index (κ2) is 6.39. The van der Waals surface area contributed by atoms with E-state index in [2.05, 4.69) is 21.2 Å². The quantitative estimate of drug-likeness (QED) is 0.873. The SMILES string of the molecule is Cc1cc(Br)ccc1CNC(=O)N(CCO)C1CC1. The van der Waals surface area contributed by atoms with E-state index >= 15 is 0 Å². The van der Waals surface area contributed by atoms with Crippen molar-refractivity contribution in [1.29, 1.82) is 0 Å². The number of aliphatic hydroxyl groups is 1. The highest BCUT2D eigenvalue weighted by atomic mass is 79.9. The molecule has 104 valence electrons. The molecule has 4 nitrogen and oxygen atoms in total. The van der Waals surface area contributed by atoms with Gasteiger partial charge in [0.25, 0.3) is 0 Å². The van der Waals surface area contributed by atoms with Crippen molar-refractivity contribution >= 4 is 22.0 Å². The van der Waals surface area contributed by atoms with Gasteiger partial charge in [-0.2, -0.15) is 0 Å². The van der Waals surface area contributed by atoms with Gasteiger partial charge in [0.05, 0.1) is 6.61 Å². The number of amides is 2. The Kier molecular flexibility index (Phi) is 4.82. The summed E-state index contributed by atoms with van der Waals surface area (Å²) in [6, 6.07) is 6.25. The molecule has 1 aliphatic rings. The molecule has 0 spiro atoms. The van der Waals surface area contributed by atoms with Crippen molar-refractivity contribution in [3.63, 3.8) is 0 Å². The van der Waals surface area contributed by atoms with Crippen LogP contribution >= 0.6 is 15.9 Å². The summed E-state index contributed by atoms with van der Waals surface area (Å²) in [5.41, 5.74) is 2.26. The summed E-state index contributed by atoms with van der Waals surface area (Å²) < 4.78 is 1.04. The highest BCUT2D eigenvalue weighted by molar-refractivity contribution is 9.10. The number of urea groups is 1. The maximum Gasteiger partial charge on any atom is 0.317 e. The van der Waals surface area contributed by atoms with Gasteiger partial charge in [-0.25, -0.2) is 4.79 Å². The number of rotatable bonds is 5. The second-order valence-corrected chi connectivity index (χ2v) is 5.79. The Balaban J connectivity index is 1.91. The summed E-state index contributed by atoms with van der Waals surface area (Å²) in [7, 11) is 0. The average Bonchev–Trinajstić information content (AvgIpc) is 3.18. The van der Waals surface area contributed by atoms with E-state index in [9.17, 15) is 4.79 Å². The number of carbonyl (C=O) groups excluding carboxylic acids is 1. The van der Waals surface area contributed by atoms with E-state index in [0.29, 0.717) is 19.1 Å². The molecule has 1 saturated carbocycles. The number of nitrogens with zero attached hydrogens (tertiary/aromatic N) is 1. The summed E-state index contributed by atoms with van der Waals surface area (Å²) in [6.45, 7) is 2.97. The van der Waals surface area contributed by atoms with Crippen LogP contribution in [0.4, 0.5) is 4.79 Å². The maximum atomic E-state index is 12.1. The van der Waals surface area contributed by atoms with Crippen LogP contribution in [0.25, 0.3) is 0 Å². The zero-order valence-corrected chi connectivity index (χ0v) is 12.6. The van der Waals surface area contributed by atoms with Gasteiger partial charge in [-0.1, -0.05) is 22.0 Å². The Morgan fingerprint density at radius 3 is 2.84 bits per heavy atom. The summed E-state index contributed by atoms with van der Waals surface area (Å²) in [4.78, 5) is 13.8. The molecule has 1 aromatic carbocycles.